The number of hydrogen-bond donors (Lipinski definition) is 2. The van der Waals surface area contributed by atoms with Gasteiger partial charge in [0.2, 0.25) is 0 Å². The lowest BCUT2D eigenvalue weighted by atomic mass is 10.1. The maximum Gasteiger partial charge on any atom is 0.335 e. The maximum atomic E-state index is 10.6. The molecule has 0 saturated heterocycles. The summed E-state index contributed by atoms with van der Waals surface area (Å²) in [5.41, 5.74) is 0.552. The molecule has 0 radical (unpaired) electrons. The Hall–Kier alpha value is -1.68. The lowest BCUT2D eigenvalue weighted by molar-refractivity contribution is 0.0697. The van der Waals surface area contributed by atoms with E-state index in [1.807, 2.05) is 13.8 Å². The van der Waals surface area contributed by atoms with Gasteiger partial charge in [-0.25, -0.2) is 4.79 Å². The predicted molar refractivity (Wildman–Crippen MR) is 62.2 cm³/mol. The van der Waals surface area contributed by atoms with E-state index in [0.29, 0.717) is 0 Å². The normalized spacial score (nSPS) is 11.9. The van der Waals surface area contributed by atoms with Gasteiger partial charge in [0.1, 0.15) is 0 Å². The predicted octanol–water partition coefficient (Wildman–Crippen LogP) is 1.57. The monoisotopic (exact) mass is 221 g/mol. The molecule has 1 aromatic carbocycles. The van der Waals surface area contributed by atoms with E-state index < -0.39 is 11.5 Å². The van der Waals surface area contributed by atoms with E-state index in [4.69, 9.17) is 10.2 Å². The average molecular weight is 221 g/mol. The molecule has 0 saturated carbocycles. The van der Waals surface area contributed by atoms with Gasteiger partial charge in [-0.3, -0.25) is 4.99 Å². The highest BCUT2D eigenvalue weighted by molar-refractivity contribution is 5.89. The zero-order chi connectivity index (χ0) is 12.2. The fraction of sp³-hybridized carbons (Fsp3) is 0.333. The molecule has 0 aliphatic carbocycles. The van der Waals surface area contributed by atoms with Crippen LogP contribution < -0.4 is 0 Å². The van der Waals surface area contributed by atoms with Crippen molar-refractivity contribution >= 4 is 12.2 Å². The Labute approximate surface area is 94.3 Å². The lowest BCUT2D eigenvalue weighted by Gasteiger charge is -2.14. The number of aliphatic hydroxyl groups is 1. The Morgan fingerprint density at radius 2 is 1.94 bits per heavy atom. The third-order valence-corrected chi connectivity index (χ3v) is 2.11. The van der Waals surface area contributed by atoms with Gasteiger partial charge < -0.3 is 10.2 Å². The molecule has 0 spiro atoms. The number of carbonyl (C=O) groups is 1. The largest absolute Gasteiger partial charge is 0.478 e. The van der Waals surface area contributed by atoms with Crippen molar-refractivity contribution in [1.29, 1.82) is 0 Å². The van der Waals surface area contributed by atoms with Gasteiger partial charge in [-0.15, -0.1) is 0 Å². The highest BCUT2D eigenvalue weighted by Crippen LogP contribution is 2.08. The maximum absolute atomic E-state index is 10.6. The smallest absolute Gasteiger partial charge is 0.335 e. The van der Waals surface area contributed by atoms with Crippen LogP contribution in [0.5, 0.6) is 0 Å². The minimum atomic E-state index is -0.945. The number of carboxylic acids is 1. The molecular formula is C12H15NO3. The molecule has 86 valence electrons. The third-order valence-electron chi connectivity index (χ3n) is 2.11. The van der Waals surface area contributed by atoms with Gasteiger partial charge >= 0.3 is 5.97 Å². The van der Waals surface area contributed by atoms with Gasteiger partial charge in [0, 0.05) is 6.21 Å². The first kappa shape index (κ1) is 12.4. The number of aromatic carboxylic acids is 1. The van der Waals surface area contributed by atoms with E-state index in [1.165, 1.54) is 12.1 Å². The summed E-state index contributed by atoms with van der Waals surface area (Å²) in [5, 5.41) is 17.7. The minimum Gasteiger partial charge on any atom is -0.478 e. The summed E-state index contributed by atoms with van der Waals surface area (Å²) < 4.78 is 0. The Balaban J connectivity index is 2.80. The van der Waals surface area contributed by atoms with Crippen molar-refractivity contribution in [3.8, 4) is 0 Å². The van der Waals surface area contributed by atoms with Crippen molar-refractivity contribution < 1.29 is 15.0 Å². The van der Waals surface area contributed by atoms with Crippen LogP contribution in [-0.4, -0.2) is 34.5 Å². The van der Waals surface area contributed by atoms with Gasteiger partial charge in [-0.1, -0.05) is 12.1 Å². The molecule has 0 aliphatic heterocycles. The number of rotatable bonds is 4. The number of carboxylic acid groups (broad SMARTS) is 1. The van der Waals surface area contributed by atoms with Crippen molar-refractivity contribution in [1.82, 2.24) is 0 Å². The van der Waals surface area contributed by atoms with Crippen LogP contribution in [0.4, 0.5) is 0 Å². The van der Waals surface area contributed by atoms with Crippen LogP contribution in [0.2, 0.25) is 0 Å². The van der Waals surface area contributed by atoms with Crippen LogP contribution >= 0.6 is 0 Å². The summed E-state index contributed by atoms with van der Waals surface area (Å²) in [6.45, 7) is 3.60. The molecule has 1 aromatic rings. The fourth-order valence-electron chi connectivity index (χ4n) is 1.00. The Kier molecular flexibility index (Phi) is 3.79. The molecule has 0 unspecified atom stereocenters. The minimum absolute atomic E-state index is 0.0310. The lowest BCUT2D eigenvalue weighted by Crippen LogP contribution is -2.21. The molecule has 0 aliphatic rings. The third kappa shape index (κ3) is 3.47. The number of nitrogens with zero attached hydrogens (tertiary/aromatic N) is 1. The van der Waals surface area contributed by atoms with E-state index in [9.17, 15) is 4.79 Å². The molecular weight excluding hydrogens is 206 g/mol. The Morgan fingerprint density at radius 1 is 1.38 bits per heavy atom. The van der Waals surface area contributed by atoms with E-state index in [-0.39, 0.29) is 12.2 Å². The first-order valence-corrected chi connectivity index (χ1v) is 4.94. The SMILES string of the molecule is CC(C)(CO)N=Cc1ccc(C(=O)O)cc1. The van der Waals surface area contributed by atoms with E-state index in [1.54, 1.807) is 18.3 Å². The van der Waals surface area contributed by atoms with Crippen molar-refractivity contribution in [2.24, 2.45) is 4.99 Å². The van der Waals surface area contributed by atoms with Crippen molar-refractivity contribution in [2.75, 3.05) is 6.61 Å². The van der Waals surface area contributed by atoms with Crippen LogP contribution in [0.3, 0.4) is 0 Å². The molecule has 0 heterocycles. The quantitative estimate of drug-likeness (QED) is 0.758. The number of benzene rings is 1. The zero-order valence-corrected chi connectivity index (χ0v) is 9.34. The summed E-state index contributed by atoms with van der Waals surface area (Å²) in [7, 11) is 0. The molecule has 2 N–H and O–H groups in total. The van der Waals surface area contributed by atoms with Crippen molar-refractivity contribution in [3.05, 3.63) is 35.4 Å². The summed E-state index contributed by atoms with van der Waals surface area (Å²) in [6.07, 6.45) is 1.63. The fourth-order valence-corrected chi connectivity index (χ4v) is 1.00. The first-order valence-electron chi connectivity index (χ1n) is 4.94. The zero-order valence-electron chi connectivity index (χ0n) is 9.34. The second-order valence-electron chi connectivity index (χ2n) is 4.16. The molecule has 0 fully saturated rings. The van der Waals surface area contributed by atoms with Gasteiger partial charge in [-0.2, -0.15) is 0 Å². The van der Waals surface area contributed by atoms with Gasteiger partial charge in [0.05, 0.1) is 17.7 Å². The summed E-state index contributed by atoms with van der Waals surface area (Å²) in [4.78, 5) is 14.8. The topological polar surface area (TPSA) is 69.9 Å². The number of aliphatic hydroxyl groups excluding tert-OH is 1. The first-order chi connectivity index (χ1) is 7.44. The summed E-state index contributed by atoms with van der Waals surface area (Å²) in [6, 6.07) is 6.41. The van der Waals surface area contributed by atoms with Crippen LogP contribution in [0.1, 0.15) is 29.8 Å². The highest BCUT2D eigenvalue weighted by atomic mass is 16.4. The molecule has 0 bridgehead atoms. The van der Waals surface area contributed by atoms with E-state index in [2.05, 4.69) is 4.99 Å². The molecule has 4 nitrogen and oxygen atoms in total. The number of aliphatic imine (C=N–C) groups is 1. The summed E-state index contributed by atoms with van der Waals surface area (Å²) >= 11 is 0. The second-order valence-corrected chi connectivity index (χ2v) is 4.16. The molecule has 0 atom stereocenters. The molecule has 4 heteroatoms. The van der Waals surface area contributed by atoms with Crippen LogP contribution in [0, 0.1) is 0 Å². The van der Waals surface area contributed by atoms with Crippen LogP contribution in [-0.2, 0) is 0 Å². The number of hydrogen-bond acceptors (Lipinski definition) is 3. The van der Waals surface area contributed by atoms with Gasteiger partial charge in [0.25, 0.3) is 0 Å². The molecule has 0 amide bonds. The highest BCUT2D eigenvalue weighted by Gasteiger charge is 2.12. The van der Waals surface area contributed by atoms with E-state index in [0.717, 1.165) is 5.56 Å². The molecule has 16 heavy (non-hydrogen) atoms. The van der Waals surface area contributed by atoms with Gasteiger partial charge in [-0.05, 0) is 31.5 Å². The van der Waals surface area contributed by atoms with Crippen molar-refractivity contribution in [2.45, 2.75) is 19.4 Å². The average Bonchev–Trinajstić information content (AvgIpc) is 2.27. The second kappa shape index (κ2) is 4.90. The Morgan fingerprint density at radius 3 is 2.38 bits per heavy atom. The van der Waals surface area contributed by atoms with Crippen LogP contribution in [0.15, 0.2) is 29.3 Å². The standard InChI is InChI=1S/C12H15NO3/c1-12(2,8-14)13-7-9-3-5-10(6-4-9)11(15)16/h3-7,14H,8H2,1-2H3,(H,15,16). The van der Waals surface area contributed by atoms with Crippen molar-refractivity contribution in [3.63, 3.8) is 0 Å². The van der Waals surface area contributed by atoms with E-state index >= 15 is 0 Å². The van der Waals surface area contributed by atoms with Crippen LogP contribution in [0.25, 0.3) is 0 Å². The molecule has 1 rings (SSSR count). The van der Waals surface area contributed by atoms with Gasteiger partial charge in [0.15, 0.2) is 0 Å². The molecule has 0 aromatic heterocycles. The summed E-state index contributed by atoms with van der Waals surface area (Å²) in [5.74, 6) is -0.945. The Bertz CT molecular complexity index is 393.